The Morgan fingerprint density at radius 3 is 2.63 bits per heavy atom. The smallest absolute Gasteiger partial charge is 0.272 e. The number of thioether (sulfide) groups is 1. The maximum Gasteiger partial charge on any atom is 0.272 e. The SMILES string of the molecule is CCS[C@@H]1O[C@@H]2CO[C@@H](c3ccccc3)O[C@H]2[C@H](O)[C@H]1NC(=O)C(Cl)(Cl)Cl. The van der Waals surface area contributed by atoms with Crippen molar-refractivity contribution in [3.05, 3.63) is 35.9 Å². The molecule has 6 nitrogen and oxygen atoms in total. The van der Waals surface area contributed by atoms with Gasteiger partial charge < -0.3 is 24.6 Å². The Kier molecular flexibility index (Phi) is 7.19. The zero-order chi connectivity index (χ0) is 19.6. The van der Waals surface area contributed by atoms with Crippen LogP contribution in [0.3, 0.4) is 0 Å². The Labute approximate surface area is 176 Å². The van der Waals surface area contributed by atoms with Crippen molar-refractivity contribution in [1.29, 1.82) is 0 Å². The first kappa shape index (κ1) is 21.5. The molecule has 2 N–H and O–H groups in total. The molecular weight excluding hydrogens is 437 g/mol. The monoisotopic (exact) mass is 455 g/mol. The quantitative estimate of drug-likeness (QED) is 0.679. The molecule has 0 spiro atoms. The molecule has 0 unspecified atom stereocenters. The number of aliphatic hydroxyl groups is 1. The summed E-state index contributed by atoms with van der Waals surface area (Å²) in [5.41, 5.74) is 0.304. The Morgan fingerprint density at radius 2 is 2.00 bits per heavy atom. The minimum Gasteiger partial charge on any atom is -0.388 e. The van der Waals surface area contributed by atoms with Gasteiger partial charge in [0.1, 0.15) is 23.7 Å². The van der Waals surface area contributed by atoms with Crippen LogP contribution in [0.5, 0.6) is 0 Å². The van der Waals surface area contributed by atoms with Crippen molar-refractivity contribution in [2.24, 2.45) is 0 Å². The van der Waals surface area contributed by atoms with E-state index in [2.05, 4.69) is 5.32 Å². The van der Waals surface area contributed by atoms with Gasteiger partial charge in [0, 0.05) is 5.56 Å². The second-order valence-electron chi connectivity index (χ2n) is 6.16. The molecule has 0 aromatic heterocycles. The van der Waals surface area contributed by atoms with Gasteiger partial charge in [-0.05, 0) is 5.75 Å². The predicted molar refractivity (Wildman–Crippen MR) is 105 cm³/mol. The molecule has 3 rings (SSSR count). The van der Waals surface area contributed by atoms with E-state index < -0.39 is 45.8 Å². The summed E-state index contributed by atoms with van der Waals surface area (Å²) in [5, 5.41) is 13.5. The second kappa shape index (κ2) is 9.05. The van der Waals surface area contributed by atoms with Crippen LogP contribution in [0.15, 0.2) is 30.3 Å². The highest BCUT2D eigenvalue weighted by atomic mass is 35.6. The minimum absolute atomic E-state index is 0.257. The van der Waals surface area contributed by atoms with Crippen molar-refractivity contribution in [3.63, 3.8) is 0 Å². The molecule has 150 valence electrons. The molecule has 1 amide bonds. The van der Waals surface area contributed by atoms with Crippen molar-refractivity contribution >= 4 is 52.5 Å². The van der Waals surface area contributed by atoms with E-state index in [4.69, 9.17) is 49.0 Å². The number of rotatable bonds is 4. The second-order valence-corrected chi connectivity index (χ2v) is 9.82. The number of alkyl halides is 3. The van der Waals surface area contributed by atoms with E-state index in [0.29, 0.717) is 5.75 Å². The largest absolute Gasteiger partial charge is 0.388 e. The minimum atomic E-state index is -2.14. The Morgan fingerprint density at radius 1 is 1.30 bits per heavy atom. The number of amides is 1. The third-order valence-corrected chi connectivity index (χ3v) is 5.90. The van der Waals surface area contributed by atoms with Crippen LogP contribution < -0.4 is 5.32 Å². The van der Waals surface area contributed by atoms with Crippen LogP contribution >= 0.6 is 46.6 Å². The molecule has 0 saturated carbocycles. The highest BCUT2D eigenvalue weighted by Gasteiger charge is 2.50. The molecule has 2 aliphatic rings. The van der Waals surface area contributed by atoms with E-state index in [1.807, 2.05) is 37.3 Å². The highest BCUT2D eigenvalue weighted by Crippen LogP contribution is 2.37. The topological polar surface area (TPSA) is 77.0 Å². The van der Waals surface area contributed by atoms with Gasteiger partial charge in [-0.1, -0.05) is 72.1 Å². The molecule has 27 heavy (non-hydrogen) atoms. The first-order chi connectivity index (χ1) is 12.8. The van der Waals surface area contributed by atoms with Crippen molar-refractivity contribution < 1.29 is 24.1 Å². The highest BCUT2D eigenvalue weighted by molar-refractivity contribution is 7.99. The van der Waals surface area contributed by atoms with E-state index in [1.54, 1.807) is 0 Å². The van der Waals surface area contributed by atoms with Gasteiger partial charge in [0.2, 0.25) is 0 Å². The van der Waals surface area contributed by atoms with Gasteiger partial charge in [0.25, 0.3) is 9.70 Å². The summed E-state index contributed by atoms with van der Waals surface area (Å²) in [6, 6.07) is 8.59. The van der Waals surface area contributed by atoms with Gasteiger partial charge in [-0.25, -0.2) is 0 Å². The molecular formula is C17H20Cl3NO5S. The lowest BCUT2D eigenvalue weighted by Gasteiger charge is -2.48. The number of nitrogens with one attached hydrogen (secondary N) is 1. The number of fused-ring (bicyclic) bond motifs is 1. The Balaban J connectivity index is 1.77. The normalized spacial score (nSPS) is 34.0. The van der Waals surface area contributed by atoms with Crippen LogP contribution in [0.2, 0.25) is 0 Å². The van der Waals surface area contributed by atoms with Crippen molar-refractivity contribution in [2.75, 3.05) is 12.4 Å². The first-order valence-corrected chi connectivity index (χ1v) is 10.6. The number of hydrogen-bond donors (Lipinski definition) is 2. The standard InChI is InChI=1S/C17H20Cl3NO5S/c1-2-27-15-11(21-16(23)17(18,19)20)12(22)13-10(25-15)8-24-14(26-13)9-6-4-3-5-7-9/h3-7,10-15,22H,2,8H2,1H3,(H,21,23)/t10-,11-,12-,13-,14-,15+/m1/s1. The predicted octanol–water partition coefficient (Wildman–Crippen LogP) is 2.79. The molecule has 1 aromatic carbocycles. The number of halogens is 3. The molecule has 10 heteroatoms. The summed E-state index contributed by atoms with van der Waals surface area (Å²) in [6.45, 7) is 2.20. The molecule has 2 heterocycles. The van der Waals surface area contributed by atoms with Crippen LogP contribution in [-0.4, -0.2) is 57.0 Å². The van der Waals surface area contributed by atoms with Crippen LogP contribution in [0, 0.1) is 0 Å². The van der Waals surface area contributed by atoms with E-state index in [-0.39, 0.29) is 6.61 Å². The van der Waals surface area contributed by atoms with Crippen molar-refractivity contribution in [1.82, 2.24) is 5.32 Å². The average molecular weight is 457 g/mol. The van der Waals surface area contributed by atoms with E-state index in [0.717, 1.165) is 5.56 Å². The van der Waals surface area contributed by atoms with Crippen LogP contribution in [0.4, 0.5) is 0 Å². The molecule has 2 saturated heterocycles. The number of carbonyl (C=O) groups is 1. The van der Waals surface area contributed by atoms with Gasteiger partial charge in [-0.2, -0.15) is 0 Å². The molecule has 0 aliphatic carbocycles. The number of aliphatic hydroxyl groups excluding tert-OH is 1. The molecule has 2 fully saturated rings. The van der Waals surface area contributed by atoms with Gasteiger partial charge in [0.05, 0.1) is 12.6 Å². The Bertz CT molecular complexity index is 647. The van der Waals surface area contributed by atoms with Crippen molar-refractivity contribution in [3.8, 4) is 0 Å². The third-order valence-electron chi connectivity index (χ3n) is 4.32. The summed E-state index contributed by atoms with van der Waals surface area (Å²) in [5.74, 6) is -0.115. The molecule has 0 bridgehead atoms. The third kappa shape index (κ3) is 5.03. The fourth-order valence-corrected chi connectivity index (χ4v) is 4.21. The lowest BCUT2D eigenvalue weighted by molar-refractivity contribution is -0.306. The van der Waals surface area contributed by atoms with Crippen LogP contribution in [0.25, 0.3) is 0 Å². The van der Waals surface area contributed by atoms with E-state index in [1.165, 1.54) is 11.8 Å². The summed E-state index contributed by atoms with van der Waals surface area (Å²) in [4.78, 5) is 12.1. The van der Waals surface area contributed by atoms with E-state index in [9.17, 15) is 9.90 Å². The molecule has 0 radical (unpaired) electrons. The Hall–Kier alpha value is -0.250. The molecule has 6 atom stereocenters. The number of carbonyl (C=O) groups excluding carboxylic acids is 1. The van der Waals surface area contributed by atoms with E-state index >= 15 is 0 Å². The maximum absolute atomic E-state index is 12.1. The fraction of sp³-hybridized carbons (Fsp3) is 0.588. The summed E-state index contributed by atoms with van der Waals surface area (Å²) < 4.78 is 15.6. The van der Waals surface area contributed by atoms with Gasteiger partial charge in [-0.15, -0.1) is 11.8 Å². The van der Waals surface area contributed by atoms with Crippen LogP contribution in [0.1, 0.15) is 18.8 Å². The summed E-state index contributed by atoms with van der Waals surface area (Å²) in [7, 11) is 0. The van der Waals surface area contributed by atoms with Gasteiger partial charge in [-0.3, -0.25) is 4.79 Å². The number of benzene rings is 1. The lowest BCUT2D eigenvalue weighted by Crippen LogP contribution is -2.66. The molecule has 1 aromatic rings. The summed E-state index contributed by atoms with van der Waals surface area (Å²) in [6.07, 6.45) is -2.85. The summed E-state index contributed by atoms with van der Waals surface area (Å²) >= 11 is 18.4. The first-order valence-electron chi connectivity index (χ1n) is 8.46. The van der Waals surface area contributed by atoms with Gasteiger partial charge >= 0.3 is 0 Å². The van der Waals surface area contributed by atoms with Gasteiger partial charge in [0.15, 0.2) is 6.29 Å². The van der Waals surface area contributed by atoms with Crippen molar-refractivity contribution in [2.45, 2.75) is 46.8 Å². The fourth-order valence-electron chi connectivity index (χ4n) is 3.06. The maximum atomic E-state index is 12.1. The number of hydrogen-bond acceptors (Lipinski definition) is 6. The number of ether oxygens (including phenoxy) is 3. The lowest BCUT2D eigenvalue weighted by atomic mass is 9.96. The average Bonchev–Trinajstić information content (AvgIpc) is 2.64. The zero-order valence-electron chi connectivity index (χ0n) is 14.4. The molecule has 2 aliphatic heterocycles. The zero-order valence-corrected chi connectivity index (χ0v) is 17.5. The van der Waals surface area contributed by atoms with Crippen LogP contribution in [-0.2, 0) is 19.0 Å².